The second-order valence-electron chi connectivity index (χ2n) is 5.17. The predicted octanol–water partition coefficient (Wildman–Crippen LogP) is 3.42. The second kappa shape index (κ2) is 5.85. The molecule has 22 heavy (non-hydrogen) atoms. The summed E-state index contributed by atoms with van der Waals surface area (Å²) < 4.78 is 5.62. The number of rotatable bonds is 3. The van der Waals surface area contributed by atoms with E-state index in [2.05, 4.69) is 4.98 Å². The van der Waals surface area contributed by atoms with Gasteiger partial charge in [0.25, 0.3) is 5.56 Å². The van der Waals surface area contributed by atoms with E-state index in [1.54, 1.807) is 24.3 Å². The highest BCUT2D eigenvalue weighted by Gasteiger charge is 2.03. The molecule has 4 nitrogen and oxygen atoms in total. The monoisotopic (exact) mass is 292 g/mol. The summed E-state index contributed by atoms with van der Waals surface area (Å²) in [6.45, 7) is 0. The molecule has 0 unspecified atom stereocenters. The van der Waals surface area contributed by atoms with Crippen LogP contribution in [0.2, 0.25) is 0 Å². The first kappa shape index (κ1) is 14.1. The maximum Gasteiger partial charge on any atom is 0.284 e. The Morgan fingerprint density at radius 1 is 1.00 bits per heavy atom. The highest BCUT2D eigenvalue weighted by Crippen LogP contribution is 2.15. The van der Waals surface area contributed by atoms with Crippen LogP contribution in [0.15, 0.2) is 57.7 Å². The fourth-order valence-electron chi connectivity index (χ4n) is 2.15. The number of fused-ring (bicyclic) bond motifs is 1. The molecule has 3 aromatic rings. The quantitative estimate of drug-likeness (QED) is 0.742. The summed E-state index contributed by atoms with van der Waals surface area (Å²) in [5.74, 6) is 0.306. The second-order valence-corrected chi connectivity index (χ2v) is 5.17. The Balaban J connectivity index is 1.90. The van der Waals surface area contributed by atoms with Crippen molar-refractivity contribution in [1.82, 2.24) is 4.98 Å². The zero-order valence-electron chi connectivity index (χ0n) is 12.5. The molecule has 2 aromatic carbocycles. The molecule has 1 heterocycles. The lowest BCUT2D eigenvalue weighted by molar-refractivity contribution is 0.563. The Bertz CT molecular complexity index is 877. The Morgan fingerprint density at radius 3 is 2.45 bits per heavy atom. The van der Waals surface area contributed by atoms with E-state index >= 15 is 0 Å². The van der Waals surface area contributed by atoms with E-state index in [0.717, 1.165) is 11.3 Å². The first-order valence-corrected chi connectivity index (χ1v) is 6.99. The summed E-state index contributed by atoms with van der Waals surface area (Å²) in [5.41, 5.74) is 2.42. The van der Waals surface area contributed by atoms with E-state index in [0.29, 0.717) is 16.9 Å². The number of hydrogen-bond acceptors (Lipinski definition) is 4. The van der Waals surface area contributed by atoms with Gasteiger partial charge in [0.2, 0.25) is 5.89 Å². The summed E-state index contributed by atoms with van der Waals surface area (Å²) in [7, 11) is 4.00. The number of nitrogens with zero attached hydrogens (tertiary/aromatic N) is 2. The van der Waals surface area contributed by atoms with Crippen molar-refractivity contribution in [2.75, 3.05) is 19.0 Å². The summed E-state index contributed by atoms with van der Waals surface area (Å²) in [6, 6.07) is 15.2. The lowest BCUT2D eigenvalue weighted by atomic mass is 10.2. The van der Waals surface area contributed by atoms with Crippen LogP contribution in [0.1, 0.15) is 11.5 Å². The van der Waals surface area contributed by atoms with Crippen molar-refractivity contribution in [3.8, 4) is 0 Å². The Hall–Kier alpha value is -2.88. The van der Waals surface area contributed by atoms with Gasteiger partial charge >= 0.3 is 0 Å². The van der Waals surface area contributed by atoms with Gasteiger partial charge in [-0.15, -0.1) is 0 Å². The fraction of sp³-hybridized carbons (Fsp3) is 0.111. The maximum absolute atomic E-state index is 11.9. The SMILES string of the molecule is CN(C)c1ccc(/C=C/c2nc(=O)c3ccccc3o2)cc1. The normalized spacial score (nSPS) is 11.2. The van der Waals surface area contributed by atoms with Crippen molar-refractivity contribution in [2.24, 2.45) is 0 Å². The molecule has 0 bridgehead atoms. The molecule has 0 N–H and O–H groups in total. The summed E-state index contributed by atoms with van der Waals surface area (Å²) >= 11 is 0. The topological polar surface area (TPSA) is 46.3 Å². The highest BCUT2D eigenvalue weighted by atomic mass is 16.3. The van der Waals surface area contributed by atoms with E-state index in [1.165, 1.54) is 0 Å². The van der Waals surface area contributed by atoms with Crippen molar-refractivity contribution in [2.45, 2.75) is 0 Å². The molecule has 0 spiro atoms. The molecule has 110 valence electrons. The van der Waals surface area contributed by atoms with Crippen molar-refractivity contribution in [3.63, 3.8) is 0 Å². The van der Waals surface area contributed by atoms with Crippen LogP contribution in [0.4, 0.5) is 5.69 Å². The highest BCUT2D eigenvalue weighted by molar-refractivity contribution is 5.76. The zero-order chi connectivity index (χ0) is 15.5. The lowest BCUT2D eigenvalue weighted by Crippen LogP contribution is -2.07. The molecule has 0 aliphatic rings. The first-order valence-electron chi connectivity index (χ1n) is 6.99. The maximum atomic E-state index is 11.9. The van der Waals surface area contributed by atoms with E-state index < -0.39 is 0 Å². The van der Waals surface area contributed by atoms with Crippen LogP contribution < -0.4 is 10.5 Å². The van der Waals surface area contributed by atoms with Crippen LogP contribution in [0.3, 0.4) is 0 Å². The van der Waals surface area contributed by atoms with Crippen molar-refractivity contribution < 1.29 is 4.42 Å². The third-order valence-corrected chi connectivity index (χ3v) is 3.37. The van der Waals surface area contributed by atoms with Gasteiger partial charge in [0.15, 0.2) is 0 Å². The van der Waals surface area contributed by atoms with Crippen LogP contribution in [0.25, 0.3) is 23.1 Å². The standard InChI is InChI=1S/C18H16N2O2/c1-20(2)14-10-7-13(8-11-14)9-12-17-19-18(21)15-5-3-4-6-16(15)22-17/h3-12H,1-2H3/b12-9+. The third kappa shape index (κ3) is 2.91. The molecule has 4 heteroatoms. The number of para-hydroxylation sites is 1. The number of benzene rings is 2. The molecule has 1 aromatic heterocycles. The van der Waals surface area contributed by atoms with Gasteiger partial charge in [-0.25, -0.2) is 0 Å². The van der Waals surface area contributed by atoms with Gasteiger partial charge < -0.3 is 9.32 Å². The number of anilines is 1. The lowest BCUT2D eigenvalue weighted by Gasteiger charge is -2.11. The van der Waals surface area contributed by atoms with Gasteiger partial charge in [-0.05, 0) is 35.9 Å². The smallest absolute Gasteiger partial charge is 0.284 e. The van der Waals surface area contributed by atoms with Crippen molar-refractivity contribution in [3.05, 3.63) is 70.3 Å². The van der Waals surface area contributed by atoms with Gasteiger partial charge in [0.1, 0.15) is 5.58 Å². The summed E-state index contributed by atoms with van der Waals surface area (Å²) in [4.78, 5) is 17.9. The van der Waals surface area contributed by atoms with E-state index in [9.17, 15) is 4.79 Å². The summed E-state index contributed by atoms with van der Waals surface area (Å²) in [5, 5.41) is 0.495. The van der Waals surface area contributed by atoms with Crippen LogP contribution >= 0.6 is 0 Å². The minimum Gasteiger partial charge on any atom is -0.438 e. The molecule has 0 aliphatic carbocycles. The molecular weight excluding hydrogens is 276 g/mol. The number of aromatic nitrogens is 1. The average Bonchev–Trinajstić information content (AvgIpc) is 2.53. The molecule has 0 fully saturated rings. The van der Waals surface area contributed by atoms with Gasteiger partial charge in [-0.2, -0.15) is 4.98 Å². The van der Waals surface area contributed by atoms with E-state index in [1.807, 2.05) is 55.4 Å². The van der Waals surface area contributed by atoms with Crippen molar-refractivity contribution in [1.29, 1.82) is 0 Å². The van der Waals surface area contributed by atoms with Gasteiger partial charge in [0, 0.05) is 25.9 Å². The summed E-state index contributed by atoms with van der Waals surface area (Å²) in [6.07, 6.45) is 3.58. The fourth-order valence-corrected chi connectivity index (χ4v) is 2.15. The predicted molar refractivity (Wildman–Crippen MR) is 90.0 cm³/mol. The van der Waals surface area contributed by atoms with Crippen LogP contribution in [-0.4, -0.2) is 19.1 Å². The molecule has 0 amide bonds. The molecule has 0 saturated carbocycles. The molecule has 0 atom stereocenters. The molecular formula is C18H16N2O2. The van der Waals surface area contributed by atoms with Gasteiger partial charge in [-0.1, -0.05) is 24.3 Å². The number of hydrogen-bond donors (Lipinski definition) is 0. The molecule has 3 rings (SSSR count). The average molecular weight is 292 g/mol. The Labute approximate surface area is 128 Å². The van der Waals surface area contributed by atoms with Crippen LogP contribution in [0.5, 0.6) is 0 Å². The Morgan fingerprint density at radius 2 is 1.73 bits per heavy atom. The van der Waals surface area contributed by atoms with Gasteiger partial charge in [-0.3, -0.25) is 4.79 Å². The minimum absolute atomic E-state index is 0.274. The Kier molecular flexibility index (Phi) is 3.74. The minimum atomic E-state index is -0.274. The molecule has 0 saturated heterocycles. The van der Waals surface area contributed by atoms with E-state index in [-0.39, 0.29) is 5.56 Å². The molecule has 0 aliphatic heterocycles. The third-order valence-electron chi connectivity index (χ3n) is 3.37. The van der Waals surface area contributed by atoms with Gasteiger partial charge in [0.05, 0.1) is 5.39 Å². The zero-order valence-corrected chi connectivity index (χ0v) is 12.5. The first-order chi connectivity index (χ1) is 10.6. The van der Waals surface area contributed by atoms with Crippen LogP contribution in [0, 0.1) is 0 Å². The van der Waals surface area contributed by atoms with E-state index in [4.69, 9.17) is 4.42 Å². The molecule has 0 radical (unpaired) electrons. The van der Waals surface area contributed by atoms with Crippen LogP contribution in [-0.2, 0) is 0 Å². The largest absolute Gasteiger partial charge is 0.438 e. The van der Waals surface area contributed by atoms with Crippen molar-refractivity contribution >= 4 is 28.8 Å².